The zero-order valence-electron chi connectivity index (χ0n) is 14.0. The van der Waals surface area contributed by atoms with Crippen LogP contribution in [0.4, 0.5) is 13.2 Å². The SMILES string of the molecule is CCc1cnc(CCNC(=NC)NC2CCN(CC(F)(F)F)C2)s1. The summed E-state index contributed by atoms with van der Waals surface area (Å²) in [7, 11) is 1.66. The third-order valence-electron chi connectivity index (χ3n) is 3.82. The van der Waals surface area contributed by atoms with Crippen LogP contribution in [0, 0.1) is 0 Å². The predicted molar refractivity (Wildman–Crippen MR) is 90.6 cm³/mol. The number of likely N-dealkylation sites (tertiary alicyclic amines) is 1. The van der Waals surface area contributed by atoms with Gasteiger partial charge in [-0.15, -0.1) is 11.3 Å². The van der Waals surface area contributed by atoms with Crippen molar-refractivity contribution in [2.75, 3.05) is 33.2 Å². The molecule has 1 aromatic heterocycles. The van der Waals surface area contributed by atoms with Crippen molar-refractivity contribution in [3.05, 3.63) is 16.1 Å². The summed E-state index contributed by atoms with van der Waals surface area (Å²) in [4.78, 5) is 11.2. The molecule has 136 valence electrons. The number of rotatable bonds is 6. The van der Waals surface area contributed by atoms with Gasteiger partial charge in [-0.05, 0) is 12.8 Å². The Morgan fingerprint density at radius 2 is 2.29 bits per heavy atom. The van der Waals surface area contributed by atoms with Crippen molar-refractivity contribution < 1.29 is 13.2 Å². The summed E-state index contributed by atoms with van der Waals surface area (Å²) in [5.41, 5.74) is 0. The van der Waals surface area contributed by atoms with E-state index in [0.29, 0.717) is 32.0 Å². The van der Waals surface area contributed by atoms with Crippen LogP contribution in [0.2, 0.25) is 0 Å². The monoisotopic (exact) mass is 363 g/mol. The first-order valence-corrected chi connectivity index (χ1v) is 8.91. The van der Waals surface area contributed by atoms with Crippen LogP contribution in [0.3, 0.4) is 0 Å². The lowest BCUT2D eigenvalue weighted by atomic mass is 10.3. The van der Waals surface area contributed by atoms with Crippen LogP contribution < -0.4 is 10.6 Å². The maximum Gasteiger partial charge on any atom is 0.401 e. The number of alkyl halides is 3. The number of nitrogens with one attached hydrogen (secondary N) is 2. The normalized spacial score (nSPS) is 19.7. The van der Waals surface area contributed by atoms with Gasteiger partial charge in [0.15, 0.2) is 5.96 Å². The van der Waals surface area contributed by atoms with Crippen LogP contribution >= 0.6 is 11.3 Å². The highest BCUT2D eigenvalue weighted by Crippen LogP contribution is 2.20. The van der Waals surface area contributed by atoms with Crippen LogP contribution in [0.5, 0.6) is 0 Å². The maximum atomic E-state index is 12.4. The van der Waals surface area contributed by atoms with E-state index < -0.39 is 12.7 Å². The van der Waals surface area contributed by atoms with Crippen molar-refractivity contribution in [1.29, 1.82) is 0 Å². The van der Waals surface area contributed by atoms with Gasteiger partial charge in [-0.1, -0.05) is 6.92 Å². The fraction of sp³-hybridized carbons (Fsp3) is 0.733. The zero-order chi connectivity index (χ0) is 17.6. The Hall–Kier alpha value is -1.35. The van der Waals surface area contributed by atoms with E-state index in [2.05, 4.69) is 27.5 Å². The smallest absolute Gasteiger partial charge is 0.356 e. The number of hydrogen-bond acceptors (Lipinski definition) is 4. The molecule has 1 saturated heterocycles. The average molecular weight is 363 g/mol. The third-order valence-corrected chi connectivity index (χ3v) is 5.02. The van der Waals surface area contributed by atoms with E-state index in [1.807, 2.05) is 6.20 Å². The number of halogens is 3. The van der Waals surface area contributed by atoms with Crippen LogP contribution in [-0.4, -0.2) is 61.3 Å². The van der Waals surface area contributed by atoms with Gasteiger partial charge in [0.2, 0.25) is 0 Å². The summed E-state index contributed by atoms with van der Waals surface area (Å²) in [6.45, 7) is 2.78. The minimum atomic E-state index is -4.14. The second-order valence-corrected chi connectivity index (χ2v) is 7.00. The van der Waals surface area contributed by atoms with Gasteiger partial charge in [0.25, 0.3) is 0 Å². The number of hydrogen-bond donors (Lipinski definition) is 2. The van der Waals surface area contributed by atoms with E-state index in [4.69, 9.17) is 0 Å². The molecule has 0 saturated carbocycles. The highest BCUT2D eigenvalue weighted by atomic mass is 32.1. The summed E-state index contributed by atoms with van der Waals surface area (Å²) in [6, 6.07) is -0.00916. The summed E-state index contributed by atoms with van der Waals surface area (Å²) >= 11 is 1.71. The topological polar surface area (TPSA) is 52.6 Å². The van der Waals surface area contributed by atoms with Crippen molar-refractivity contribution >= 4 is 17.3 Å². The van der Waals surface area contributed by atoms with Gasteiger partial charge in [-0.2, -0.15) is 13.2 Å². The molecule has 1 fully saturated rings. The Morgan fingerprint density at radius 3 is 2.92 bits per heavy atom. The Labute approximate surface area is 144 Å². The summed E-state index contributed by atoms with van der Waals surface area (Å²) < 4.78 is 37.2. The number of aryl methyl sites for hydroxylation is 1. The highest BCUT2D eigenvalue weighted by Gasteiger charge is 2.34. The number of thiazole rings is 1. The Morgan fingerprint density at radius 1 is 1.50 bits per heavy atom. The number of nitrogens with zero attached hydrogens (tertiary/aromatic N) is 3. The summed E-state index contributed by atoms with van der Waals surface area (Å²) in [5, 5.41) is 7.47. The third kappa shape index (κ3) is 6.27. The van der Waals surface area contributed by atoms with E-state index in [1.165, 1.54) is 9.78 Å². The standard InChI is InChI=1S/C15H24F3N5S/c1-3-12-8-21-13(24-12)4-6-20-14(19-2)22-11-5-7-23(9-11)10-15(16,17)18/h8,11H,3-7,9-10H2,1-2H3,(H2,19,20,22). The molecule has 9 heteroatoms. The fourth-order valence-electron chi connectivity index (χ4n) is 2.65. The first kappa shape index (κ1) is 19.0. The largest absolute Gasteiger partial charge is 0.401 e. The van der Waals surface area contributed by atoms with E-state index in [9.17, 15) is 13.2 Å². The predicted octanol–water partition coefficient (Wildman–Crippen LogP) is 2.05. The minimum absolute atomic E-state index is 0.00916. The highest BCUT2D eigenvalue weighted by molar-refractivity contribution is 7.11. The number of aromatic nitrogens is 1. The molecule has 2 N–H and O–H groups in total. The molecular formula is C15H24F3N5S. The molecule has 0 aliphatic carbocycles. The van der Waals surface area contributed by atoms with E-state index in [0.717, 1.165) is 17.8 Å². The van der Waals surface area contributed by atoms with Crippen molar-refractivity contribution in [3.8, 4) is 0 Å². The lowest BCUT2D eigenvalue weighted by Crippen LogP contribution is -2.45. The fourth-order valence-corrected chi connectivity index (χ4v) is 3.51. The van der Waals surface area contributed by atoms with E-state index in [1.54, 1.807) is 18.4 Å². The lowest BCUT2D eigenvalue weighted by Gasteiger charge is -2.19. The molecule has 2 heterocycles. The zero-order valence-corrected chi connectivity index (χ0v) is 14.8. The van der Waals surface area contributed by atoms with Gasteiger partial charge >= 0.3 is 6.18 Å². The molecule has 2 rings (SSSR count). The molecule has 0 bridgehead atoms. The molecule has 0 aromatic carbocycles. The number of guanidine groups is 1. The molecule has 1 aliphatic rings. The quantitative estimate of drug-likeness (QED) is 0.600. The second-order valence-electron chi connectivity index (χ2n) is 5.80. The van der Waals surface area contributed by atoms with E-state index in [-0.39, 0.29) is 6.04 Å². The van der Waals surface area contributed by atoms with Gasteiger partial charge in [0, 0.05) is 50.2 Å². The average Bonchev–Trinajstić information content (AvgIpc) is 3.14. The van der Waals surface area contributed by atoms with Crippen molar-refractivity contribution in [2.24, 2.45) is 4.99 Å². The van der Waals surface area contributed by atoms with Crippen molar-refractivity contribution in [2.45, 2.75) is 38.4 Å². The Bertz CT molecular complexity index is 543. The lowest BCUT2D eigenvalue weighted by molar-refractivity contribution is -0.143. The Kier molecular flexibility index (Phi) is 6.85. The van der Waals surface area contributed by atoms with Gasteiger partial charge in [0.1, 0.15) is 0 Å². The second kappa shape index (κ2) is 8.66. The molecular weight excluding hydrogens is 339 g/mol. The molecule has 1 unspecified atom stereocenters. The first-order valence-electron chi connectivity index (χ1n) is 8.09. The molecule has 0 radical (unpaired) electrons. The Balaban J connectivity index is 1.71. The van der Waals surface area contributed by atoms with Crippen molar-refractivity contribution in [1.82, 2.24) is 20.5 Å². The van der Waals surface area contributed by atoms with Crippen LogP contribution in [0.1, 0.15) is 23.2 Å². The molecule has 5 nitrogen and oxygen atoms in total. The molecule has 1 aromatic rings. The minimum Gasteiger partial charge on any atom is -0.356 e. The summed E-state index contributed by atoms with van der Waals surface area (Å²) in [6.07, 6.45) is 0.241. The van der Waals surface area contributed by atoms with Crippen LogP contribution in [0.15, 0.2) is 11.2 Å². The molecule has 24 heavy (non-hydrogen) atoms. The molecule has 0 spiro atoms. The van der Waals surface area contributed by atoms with Gasteiger partial charge in [-0.3, -0.25) is 9.89 Å². The first-order chi connectivity index (χ1) is 11.4. The van der Waals surface area contributed by atoms with Gasteiger partial charge in [-0.25, -0.2) is 4.98 Å². The number of aliphatic imine (C=N–C) groups is 1. The van der Waals surface area contributed by atoms with Gasteiger partial charge < -0.3 is 10.6 Å². The van der Waals surface area contributed by atoms with Crippen LogP contribution in [-0.2, 0) is 12.8 Å². The molecule has 1 aliphatic heterocycles. The van der Waals surface area contributed by atoms with Crippen LogP contribution in [0.25, 0.3) is 0 Å². The summed E-state index contributed by atoms with van der Waals surface area (Å²) in [5.74, 6) is 0.626. The van der Waals surface area contributed by atoms with Crippen molar-refractivity contribution in [3.63, 3.8) is 0 Å². The molecule has 0 amide bonds. The maximum absolute atomic E-state index is 12.4. The van der Waals surface area contributed by atoms with E-state index >= 15 is 0 Å². The molecule has 1 atom stereocenters. The van der Waals surface area contributed by atoms with Gasteiger partial charge in [0.05, 0.1) is 11.6 Å².